The standard InChI is InChI=1S/C13H18N2O3/c1-9-4-14-15(5-9)13(11(16)17)6-12(7-13)3-10(2)18-8-12/h4-5,10H,3,6-8H2,1-2H3,(H,16,17). The maximum Gasteiger partial charge on any atom is 0.331 e. The van der Waals surface area contributed by atoms with Crippen LogP contribution in [0.2, 0.25) is 0 Å². The molecule has 3 rings (SSSR count). The number of hydrogen-bond acceptors (Lipinski definition) is 3. The lowest BCUT2D eigenvalue weighted by Crippen LogP contribution is -2.58. The van der Waals surface area contributed by atoms with Crippen molar-refractivity contribution in [2.75, 3.05) is 6.61 Å². The van der Waals surface area contributed by atoms with Crippen molar-refractivity contribution in [1.82, 2.24) is 9.78 Å². The Bertz CT molecular complexity index is 488. The summed E-state index contributed by atoms with van der Waals surface area (Å²) in [4.78, 5) is 11.6. The van der Waals surface area contributed by atoms with Crippen LogP contribution in [0.25, 0.3) is 0 Å². The van der Waals surface area contributed by atoms with Gasteiger partial charge in [-0.15, -0.1) is 0 Å². The third kappa shape index (κ3) is 1.50. The molecule has 1 N–H and O–H groups in total. The molecule has 98 valence electrons. The van der Waals surface area contributed by atoms with Crippen molar-refractivity contribution < 1.29 is 14.6 Å². The first-order valence-corrected chi connectivity index (χ1v) is 6.33. The number of carboxylic acids is 1. The van der Waals surface area contributed by atoms with E-state index in [1.54, 1.807) is 10.9 Å². The Morgan fingerprint density at radius 3 is 2.78 bits per heavy atom. The van der Waals surface area contributed by atoms with Gasteiger partial charge in [-0.3, -0.25) is 4.68 Å². The van der Waals surface area contributed by atoms with Crippen molar-refractivity contribution >= 4 is 5.97 Å². The summed E-state index contributed by atoms with van der Waals surface area (Å²) < 4.78 is 7.23. The molecule has 0 aromatic carbocycles. The lowest BCUT2D eigenvalue weighted by atomic mass is 9.56. The van der Waals surface area contributed by atoms with Crippen LogP contribution in [0, 0.1) is 12.3 Å². The Labute approximate surface area is 106 Å². The van der Waals surface area contributed by atoms with Gasteiger partial charge >= 0.3 is 5.97 Å². The van der Waals surface area contributed by atoms with E-state index < -0.39 is 11.5 Å². The minimum absolute atomic E-state index is 0.0532. The monoisotopic (exact) mass is 250 g/mol. The van der Waals surface area contributed by atoms with Gasteiger partial charge in [0.2, 0.25) is 0 Å². The van der Waals surface area contributed by atoms with Crippen LogP contribution in [0.15, 0.2) is 12.4 Å². The van der Waals surface area contributed by atoms with Gasteiger partial charge in [0.15, 0.2) is 5.54 Å². The number of aromatic nitrogens is 2. The SMILES string of the molecule is Cc1cnn(C2(C(=O)O)CC3(COC(C)C3)C2)c1. The predicted octanol–water partition coefficient (Wildman–Crippen LogP) is 1.56. The molecule has 1 aromatic rings. The second kappa shape index (κ2) is 3.57. The smallest absolute Gasteiger partial charge is 0.331 e. The van der Waals surface area contributed by atoms with Crippen LogP contribution < -0.4 is 0 Å². The van der Waals surface area contributed by atoms with E-state index in [-0.39, 0.29) is 11.5 Å². The van der Waals surface area contributed by atoms with E-state index >= 15 is 0 Å². The van der Waals surface area contributed by atoms with Crippen LogP contribution >= 0.6 is 0 Å². The molecule has 0 radical (unpaired) electrons. The van der Waals surface area contributed by atoms with Gasteiger partial charge in [-0.25, -0.2) is 4.79 Å². The van der Waals surface area contributed by atoms with Crippen LogP contribution in [0.4, 0.5) is 0 Å². The van der Waals surface area contributed by atoms with Crippen molar-refractivity contribution in [1.29, 1.82) is 0 Å². The lowest BCUT2D eigenvalue weighted by molar-refractivity contribution is -0.164. The molecule has 5 heteroatoms. The predicted molar refractivity (Wildman–Crippen MR) is 64.3 cm³/mol. The molecule has 1 saturated carbocycles. The number of ether oxygens (including phenoxy) is 1. The molecule has 0 bridgehead atoms. The molecular formula is C13H18N2O3. The number of nitrogens with zero attached hydrogens (tertiary/aromatic N) is 2. The van der Waals surface area contributed by atoms with Crippen molar-refractivity contribution in [2.45, 2.75) is 44.8 Å². The van der Waals surface area contributed by atoms with Gasteiger partial charge < -0.3 is 9.84 Å². The molecule has 2 aliphatic rings. The summed E-state index contributed by atoms with van der Waals surface area (Å²) in [6, 6.07) is 0. The van der Waals surface area contributed by atoms with E-state index in [0.29, 0.717) is 19.4 Å². The first-order chi connectivity index (χ1) is 8.46. The molecule has 1 unspecified atom stereocenters. The molecule has 0 amide bonds. The molecule has 1 spiro atoms. The summed E-state index contributed by atoms with van der Waals surface area (Å²) in [5.41, 5.74) is 0.187. The van der Waals surface area contributed by atoms with Crippen molar-refractivity contribution in [3.63, 3.8) is 0 Å². The number of aryl methyl sites for hydroxylation is 1. The highest BCUT2D eigenvalue weighted by Crippen LogP contribution is 2.58. The Hall–Kier alpha value is -1.36. The van der Waals surface area contributed by atoms with E-state index in [2.05, 4.69) is 5.10 Å². The zero-order chi connectivity index (χ0) is 13.0. The topological polar surface area (TPSA) is 64.4 Å². The minimum Gasteiger partial charge on any atom is -0.479 e. The first kappa shape index (κ1) is 11.7. The molecule has 5 nitrogen and oxygen atoms in total. The number of rotatable bonds is 2. The Kier molecular flexibility index (Phi) is 2.32. The van der Waals surface area contributed by atoms with E-state index in [4.69, 9.17) is 4.74 Å². The summed E-state index contributed by atoms with van der Waals surface area (Å²) in [7, 11) is 0. The first-order valence-electron chi connectivity index (χ1n) is 6.33. The lowest BCUT2D eigenvalue weighted by Gasteiger charge is -2.51. The highest BCUT2D eigenvalue weighted by Gasteiger charge is 2.63. The van der Waals surface area contributed by atoms with E-state index in [0.717, 1.165) is 12.0 Å². The van der Waals surface area contributed by atoms with Crippen LogP contribution in [-0.2, 0) is 15.1 Å². The zero-order valence-corrected chi connectivity index (χ0v) is 10.7. The molecule has 18 heavy (non-hydrogen) atoms. The molecule has 1 saturated heterocycles. The Morgan fingerprint density at radius 2 is 2.33 bits per heavy atom. The zero-order valence-electron chi connectivity index (χ0n) is 10.7. The maximum atomic E-state index is 11.6. The summed E-state index contributed by atoms with van der Waals surface area (Å²) in [6.07, 6.45) is 5.99. The van der Waals surface area contributed by atoms with Gasteiger partial charge in [0.25, 0.3) is 0 Å². The average Bonchev–Trinajstić information content (AvgIpc) is 2.81. The Balaban J connectivity index is 1.87. The second-order valence-electron chi connectivity index (χ2n) is 5.98. The summed E-state index contributed by atoms with van der Waals surface area (Å²) in [5.74, 6) is -0.782. The summed E-state index contributed by atoms with van der Waals surface area (Å²) >= 11 is 0. The van der Waals surface area contributed by atoms with Crippen molar-refractivity contribution in [3.05, 3.63) is 18.0 Å². The van der Waals surface area contributed by atoms with Crippen molar-refractivity contribution in [2.24, 2.45) is 5.41 Å². The molecule has 1 atom stereocenters. The molecular weight excluding hydrogens is 232 g/mol. The van der Waals surface area contributed by atoms with Crippen LogP contribution in [0.3, 0.4) is 0 Å². The molecule has 2 fully saturated rings. The number of carbonyl (C=O) groups is 1. The third-order valence-electron chi connectivity index (χ3n) is 4.28. The fraction of sp³-hybridized carbons (Fsp3) is 0.692. The van der Waals surface area contributed by atoms with Gasteiger partial charge in [-0.1, -0.05) is 0 Å². The fourth-order valence-corrected chi connectivity index (χ4v) is 3.54. The summed E-state index contributed by atoms with van der Waals surface area (Å²) in [6.45, 7) is 4.66. The quantitative estimate of drug-likeness (QED) is 0.865. The largest absolute Gasteiger partial charge is 0.479 e. The number of hydrogen-bond donors (Lipinski definition) is 1. The Morgan fingerprint density at radius 1 is 1.61 bits per heavy atom. The number of carboxylic acid groups (broad SMARTS) is 1. The average molecular weight is 250 g/mol. The van der Waals surface area contributed by atoms with Gasteiger partial charge in [0.05, 0.1) is 18.9 Å². The molecule has 1 aromatic heterocycles. The third-order valence-corrected chi connectivity index (χ3v) is 4.28. The van der Waals surface area contributed by atoms with Gasteiger partial charge in [-0.05, 0) is 38.7 Å². The maximum absolute atomic E-state index is 11.6. The molecule has 1 aliphatic carbocycles. The van der Waals surface area contributed by atoms with E-state index in [9.17, 15) is 9.90 Å². The fourth-order valence-electron chi connectivity index (χ4n) is 3.54. The van der Waals surface area contributed by atoms with E-state index in [1.807, 2.05) is 20.0 Å². The normalized spacial score (nSPS) is 38.9. The van der Waals surface area contributed by atoms with Gasteiger partial charge in [0.1, 0.15) is 0 Å². The van der Waals surface area contributed by atoms with Crippen LogP contribution in [0.1, 0.15) is 31.7 Å². The van der Waals surface area contributed by atoms with Crippen LogP contribution in [-0.4, -0.2) is 33.6 Å². The van der Waals surface area contributed by atoms with E-state index in [1.165, 1.54) is 0 Å². The van der Waals surface area contributed by atoms with Gasteiger partial charge in [-0.2, -0.15) is 5.10 Å². The number of aliphatic carboxylic acids is 1. The highest BCUT2D eigenvalue weighted by atomic mass is 16.5. The summed E-state index contributed by atoms with van der Waals surface area (Å²) in [5, 5.41) is 13.8. The second-order valence-corrected chi connectivity index (χ2v) is 5.98. The van der Waals surface area contributed by atoms with Crippen LogP contribution in [0.5, 0.6) is 0 Å². The highest BCUT2D eigenvalue weighted by molar-refractivity contribution is 5.78. The van der Waals surface area contributed by atoms with Gasteiger partial charge in [0, 0.05) is 11.6 Å². The molecule has 1 aliphatic heterocycles. The van der Waals surface area contributed by atoms with Crippen molar-refractivity contribution in [3.8, 4) is 0 Å². The minimum atomic E-state index is -0.859. The molecule has 2 heterocycles.